The van der Waals surface area contributed by atoms with Gasteiger partial charge in [-0.05, 0) is 47.9 Å². The summed E-state index contributed by atoms with van der Waals surface area (Å²) in [7, 11) is 2.50. The summed E-state index contributed by atoms with van der Waals surface area (Å²) < 4.78 is 31.1. The average Bonchev–Trinajstić information content (AvgIpc) is 3.05. The molecule has 0 bridgehead atoms. The van der Waals surface area contributed by atoms with Gasteiger partial charge in [-0.25, -0.2) is 14.4 Å². The highest BCUT2D eigenvalue weighted by molar-refractivity contribution is 6.06. The van der Waals surface area contributed by atoms with Gasteiger partial charge in [-0.2, -0.15) is 0 Å². The van der Waals surface area contributed by atoms with Crippen LogP contribution in [0.15, 0.2) is 78.9 Å². The Morgan fingerprint density at radius 3 is 1.62 bits per heavy atom. The van der Waals surface area contributed by atoms with Crippen LogP contribution in [0.5, 0.6) is 23.0 Å². The first-order valence-corrected chi connectivity index (χ1v) is 14.1. The monoisotopic (exact) mass is 659 g/mol. The maximum Gasteiger partial charge on any atom is 0.349 e. The number of carbonyl (C=O) groups excluding carboxylic acids is 5. The third-order valence-corrected chi connectivity index (χ3v) is 6.60. The Balaban J connectivity index is 1.70. The van der Waals surface area contributed by atoms with Crippen molar-refractivity contribution in [2.45, 2.75) is 26.1 Å². The topological polar surface area (TPSA) is 190 Å². The molecule has 2 atom stereocenters. The second kappa shape index (κ2) is 15.2. The van der Waals surface area contributed by atoms with E-state index >= 15 is 0 Å². The lowest BCUT2D eigenvalue weighted by molar-refractivity contribution is -0.157. The van der Waals surface area contributed by atoms with E-state index < -0.39 is 48.0 Å². The SMILES string of the molecule is COc1cc(C(=O)O[C@H](C(=O)O)[C@H](OC(=O)c2ccc(OC(C)=O)c(OC)c2)C(=O)Nc2cccc3ccccc23)ccc1OC(C)=O. The lowest BCUT2D eigenvalue weighted by Crippen LogP contribution is -2.48. The van der Waals surface area contributed by atoms with E-state index in [1.165, 1.54) is 45.4 Å². The minimum atomic E-state index is -2.36. The molecule has 0 aromatic heterocycles. The van der Waals surface area contributed by atoms with Crippen LogP contribution >= 0.6 is 0 Å². The number of carboxylic acid groups (broad SMARTS) is 1. The van der Waals surface area contributed by atoms with E-state index in [4.69, 9.17) is 28.4 Å². The Hall–Kier alpha value is -6.44. The number of ether oxygens (including phenoxy) is 6. The number of carbonyl (C=O) groups is 6. The van der Waals surface area contributed by atoms with Gasteiger partial charge < -0.3 is 38.8 Å². The molecule has 0 saturated carbocycles. The van der Waals surface area contributed by atoms with Crippen molar-refractivity contribution in [1.29, 1.82) is 0 Å². The molecule has 48 heavy (non-hydrogen) atoms. The fraction of sp³-hybridized carbons (Fsp3) is 0.176. The smallest absolute Gasteiger partial charge is 0.349 e. The molecule has 0 aliphatic carbocycles. The maximum atomic E-state index is 13.7. The molecular formula is C34H29NO13. The van der Waals surface area contributed by atoms with Gasteiger partial charge in [0, 0.05) is 24.9 Å². The third-order valence-electron chi connectivity index (χ3n) is 6.60. The molecule has 0 aliphatic rings. The molecule has 0 radical (unpaired) electrons. The van der Waals surface area contributed by atoms with E-state index in [0.717, 1.165) is 24.4 Å². The lowest BCUT2D eigenvalue weighted by Gasteiger charge is -2.24. The van der Waals surface area contributed by atoms with Gasteiger partial charge in [0.25, 0.3) is 5.91 Å². The van der Waals surface area contributed by atoms with Gasteiger partial charge in [-0.15, -0.1) is 0 Å². The van der Waals surface area contributed by atoms with Crippen molar-refractivity contribution in [3.05, 3.63) is 90.0 Å². The molecule has 0 heterocycles. The fourth-order valence-electron chi connectivity index (χ4n) is 4.47. The van der Waals surface area contributed by atoms with Crippen LogP contribution in [0.25, 0.3) is 10.8 Å². The normalized spacial score (nSPS) is 11.8. The molecule has 0 spiro atoms. The van der Waals surface area contributed by atoms with Crippen LogP contribution in [0, 0.1) is 0 Å². The first kappa shape index (κ1) is 34.4. The summed E-state index contributed by atoms with van der Waals surface area (Å²) in [5, 5.41) is 14.1. The average molecular weight is 660 g/mol. The fourth-order valence-corrected chi connectivity index (χ4v) is 4.47. The Morgan fingerprint density at radius 1 is 0.625 bits per heavy atom. The molecule has 0 saturated heterocycles. The quantitative estimate of drug-likeness (QED) is 0.163. The number of fused-ring (bicyclic) bond motifs is 1. The number of methoxy groups -OCH3 is 2. The van der Waals surface area contributed by atoms with Crippen LogP contribution in [0.2, 0.25) is 0 Å². The van der Waals surface area contributed by atoms with Gasteiger partial charge in [-0.1, -0.05) is 36.4 Å². The van der Waals surface area contributed by atoms with E-state index in [-0.39, 0.29) is 39.8 Å². The van der Waals surface area contributed by atoms with Gasteiger partial charge in [0.05, 0.1) is 25.3 Å². The molecular weight excluding hydrogens is 630 g/mol. The van der Waals surface area contributed by atoms with Crippen molar-refractivity contribution in [3.63, 3.8) is 0 Å². The van der Waals surface area contributed by atoms with Crippen molar-refractivity contribution >= 4 is 52.2 Å². The number of nitrogens with one attached hydrogen (secondary N) is 1. The van der Waals surface area contributed by atoms with Gasteiger partial charge in [-0.3, -0.25) is 14.4 Å². The van der Waals surface area contributed by atoms with Crippen LogP contribution < -0.4 is 24.3 Å². The molecule has 14 heteroatoms. The van der Waals surface area contributed by atoms with Crippen molar-refractivity contribution in [3.8, 4) is 23.0 Å². The molecule has 2 N–H and O–H groups in total. The standard InChI is InChI=1S/C34H29NO13/c1-18(36)45-25-14-12-21(16-27(25)43-3)33(41)47-29(31(38)35-24-11-7-9-20-8-5-6-10-23(20)24)30(32(39)40)48-34(42)22-13-15-26(46-19(2)37)28(17-22)44-4/h5-17,29-30H,1-4H3,(H,35,38)(H,39,40)/t29-,30-/m0/s1. The molecule has 14 nitrogen and oxygen atoms in total. The number of hydrogen-bond acceptors (Lipinski definition) is 12. The second-order valence-corrected chi connectivity index (χ2v) is 9.92. The summed E-state index contributed by atoms with van der Waals surface area (Å²) in [5.41, 5.74) is -0.195. The van der Waals surface area contributed by atoms with Gasteiger partial charge in [0.2, 0.25) is 12.2 Å². The Kier molecular flexibility index (Phi) is 10.9. The van der Waals surface area contributed by atoms with Gasteiger partial charge in [0.1, 0.15) is 0 Å². The molecule has 0 fully saturated rings. The highest BCUT2D eigenvalue weighted by atomic mass is 16.6. The van der Waals surface area contributed by atoms with Gasteiger partial charge >= 0.3 is 29.8 Å². The number of anilines is 1. The highest BCUT2D eigenvalue weighted by Crippen LogP contribution is 2.31. The molecule has 4 rings (SSSR count). The van der Waals surface area contributed by atoms with Crippen LogP contribution in [0.3, 0.4) is 0 Å². The predicted molar refractivity (Wildman–Crippen MR) is 167 cm³/mol. The van der Waals surface area contributed by atoms with Crippen molar-refractivity contribution < 1.29 is 62.3 Å². The van der Waals surface area contributed by atoms with E-state index in [0.29, 0.717) is 5.39 Å². The molecule has 4 aromatic carbocycles. The molecule has 4 aromatic rings. The summed E-state index contributed by atoms with van der Waals surface area (Å²) in [4.78, 5) is 75.7. The number of rotatable bonds is 12. The molecule has 0 aliphatic heterocycles. The predicted octanol–water partition coefficient (Wildman–Crippen LogP) is 4.18. The minimum absolute atomic E-state index is 0.0145. The largest absolute Gasteiger partial charge is 0.493 e. The zero-order chi connectivity index (χ0) is 35.0. The van der Waals surface area contributed by atoms with E-state index in [1.807, 2.05) is 0 Å². The van der Waals surface area contributed by atoms with Crippen LogP contribution in [-0.2, 0) is 28.7 Å². The van der Waals surface area contributed by atoms with Crippen LogP contribution in [0.4, 0.5) is 5.69 Å². The summed E-state index contributed by atoms with van der Waals surface area (Å²) in [6.07, 6.45) is -4.60. The van der Waals surface area contributed by atoms with Gasteiger partial charge in [0.15, 0.2) is 23.0 Å². The number of carboxylic acids is 1. The zero-order valence-corrected chi connectivity index (χ0v) is 26.0. The number of esters is 4. The van der Waals surface area contributed by atoms with Crippen molar-refractivity contribution in [1.82, 2.24) is 0 Å². The summed E-state index contributed by atoms with van der Waals surface area (Å²) in [5.74, 6) is -6.82. The molecule has 1 amide bonds. The lowest BCUT2D eigenvalue weighted by atomic mass is 10.1. The van der Waals surface area contributed by atoms with E-state index in [2.05, 4.69) is 5.32 Å². The number of hydrogen-bond donors (Lipinski definition) is 2. The second-order valence-electron chi connectivity index (χ2n) is 9.92. The van der Waals surface area contributed by atoms with Crippen molar-refractivity contribution in [2.75, 3.05) is 19.5 Å². The summed E-state index contributed by atoms with van der Waals surface area (Å²) >= 11 is 0. The van der Waals surface area contributed by atoms with Crippen molar-refractivity contribution in [2.24, 2.45) is 0 Å². The molecule has 0 unspecified atom stereocenters. The van der Waals surface area contributed by atoms with Crippen LogP contribution in [0.1, 0.15) is 34.6 Å². The van der Waals surface area contributed by atoms with Crippen LogP contribution in [-0.4, -0.2) is 67.3 Å². The number of benzene rings is 4. The Labute approximate surface area is 273 Å². The first-order chi connectivity index (χ1) is 22.9. The maximum absolute atomic E-state index is 13.7. The first-order valence-electron chi connectivity index (χ1n) is 14.1. The zero-order valence-electron chi connectivity index (χ0n) is 26.0. The third kappa shape index (κ3) is 8.23. The van der Waals surface area contributed by atoms with E-state index in [9.17, 15) is 33.9 Å². The highest BCUT2D eigenvalue weighted by Gasteiger charge is 2.41. The Morgan fingerprint density at radius 2 is 1.12 bits per heavy atom. The summed E-state index contributed by atoms with van der Waals surface area (Å²) in [6.45, 7) is 2.33. The van der Waals surface area contributed by atoms with E-state index in [1.54, 1.807) is 42.5 Å². The molecule has 248 valence electrons. The summed E-state index contributed by atoms with van der Waals surface area (Å²) in [6, 6.07) is 19.1. The number of aliphatic carboxylic acids is 1. The Bertz CT molecular complexity index is 1900. The minimum Gasteiger partial charge on any atom is -0.493 e. The number of amides is 1.